The van der Waals surface area contributed by atoms with Crippen LogP contribution in [0.1, 0.15) is 17.3 Å². The molecule has 0 saturated carbocycles. The molecule has 0 bridgehead atoms. The fourth-order valence-corrected chi connectivity index (χ4v) is 1.56. The first-order valence-electron chi connectivity index (χ1n) is 5.94. The molecule has 0 radical (unpaired) electrons. The monoisotopic (exact) mass is 271 g/mol. The van der Waals surface area contributed by atoms with Gasteiger partial charge in [0, 0.05) is 0 Å². The van der Waals surface area contributed by atoms with Gasteiger partial charge in [-0.1, -0.05) is 5.16 Å². The molecule has 0 amide bonds. The summed E-state index contributed by atoms with van der Waals surface area (Å²) in [6, 6.07) is 6.49. The Morgan fingerprint density at radius 2 is 1.85 bits per heavy atom. The summed E-state index contributed by atoms with van der Waals surface area (Å²) in [6.07, 6.45) is 4.44. The van der Waals surface area contributed by atoms with Gasteiger partial charge in [-0.25, -0.2) is 4.79 Å². The van der Waals surface area contributed by atoms with Gasteiger partial charge in [0.2, 0.25) is 0 Å². The summed E-state index contributed by atoms with van der Waals surface area (Å²) in [5, 5.41) is 3.71. The number of benzene rings is 1. The fraction of sp³-hybridized carbons (Fsp3) is 0.133. The van der Waals surface area contributed by atoms with E-state index in [2.05, 4.69) is 5.16 Å². The topological polar surface area (TPSA) is 65.0 Å². The third-order valence-electron chi connectivity index (χ3n) is 2.72. The number of ether oxygens (including phenoxy) is 1. The average molecular weight is 271 g/mol. The lowest BCUT2D eigenvalue weighted by atomic mass is 10.1. The van der Waals surface area contributed by atoms with Crippen molar-refractivity contribution in [1.29, 1.82) is 0 Å². The number of ketones is 1. The van der Waals surface area contributed by atoms with Crippen molar-refractivity contribution in [2.75, 3.05) is 7.11 Å². The lowest BCUT2D eigenvalue weighted by Crippen LogP contribution is -2.07. The van der Waals surface area contributed by atoms with Gasteiger partial charge in [0.1, 0.15) is 11.5 Å². The van der Waals surface area contributed by atoms with Crippen LogP contribution in [0.25, 0.3) is 0 Å². The van der Waals surface area contributed by atoms with E-state index in [1.165, 1.54) is 12.2 Å². The molecule has 0 N–H and O–H groups in total. The van der Waals surface area contributed by atoms with Crippen molar-refractivity contribution < 1.29 is 19.2 Å². The van der Waals surface area contributed by atoms with E-state index in [0.717, 1.165) is 0 Å². The summed E-state index contributed by atoms with van der Waals surface area (Å²) < 4.78 is 5.00. The van der Waals surface area contributed by atoms with Crippen molar-refractivity contribution in [2.24, 2.45) is 5.16 Å². The predicted octanol–water partition coefficient (Wildman–Crippen LogP) is 2.29. The van der Waals surface area contributed by atoms with Crippen molar-refractivity contribution in [3.63, 3.8) is 0 Å². The molecule has 0 unspecified atom stereocenters. The van der Waals surface area contributed by atoms with Gasteiger partial charge in [-0.3, -0.25) is 4.79 Å². The lowest BCUT2D eigenvalue weighted by Gasteiger charge is -2.04. The summed E-state index contributed by atoms with van der Waals surface area (Å²) in [6.45, 7) is 1.67. The maximum Gasteiger partial charge on any atom is 0.365 e. The first kappa shape index (κ1) is 13.7. The summed E-state index contributed by atoms with van der Waals surface area (Å²) in [5.74, 6) is 0.00193. The molecule has 0 heterocycles. The lowest BCUT2D eigenvalue weighted by molar-refractivity contribution is -0.111. The average Bonchev–Trinajstić information content (AvgIpc) is 2.48. The maximum absolute atomic E-state index is 11.8. The first-order chi connectivity index (χ1) is 9.60. The van der Waals surface area contributed by atoms with Crippen LogP contribution < -0.4 is 4.74 Å². The normalized spacial score (nSPS) is 16.0. The van der Waals surface area contributed by atoms with Gasteiger partial charge in [-0.2, -0.15) is 0 Å². The summed E-state index contributed by atoms with van der Waals surface area (Å²) in [5.41, 5.74) is 1.34. The molecule has 102 valence electrons. The minimum Gasteiger partial charge on any atom is -0.497 e. The van der Waals surface area contributed by atoms with E-state index in [9.17, 15) is 9.59 Å². The molecular formula is C15H13NO4. The molecular weight excluding hydrogens is 258 g/mol. The van der Waals surface area contributed by atoms with Crippen molar-refractivity contribution in [3.05, 3.63) is 53.6 Å². The Morgan fingerprint density at radius 3 is 2.45 bits per heavy atom. The van der Waals surface area contributed by atoms with Crippen LogP contribution in [0.15, 0.2) is 53.2 Å². The van der Waals surface area contributed by atoms with Gasteiger partial charge in [-0.05, 0) is 55.0 Å². The summed E-state index contributed by atoms with van der Waals surface area (Å²) in [7, 11) is 1.55. The van der Waals surface area contributed by atoms with Gasteiger partial charge in [0.25, 0.3) is 0 Å². The fourth-order valence-electron chi connectivity index (χ4n) is 1.56. The number of hydrogen-bond acceptors (Lipinski definition) is 5. The Hall–Kier alpha value is -2.69. The zero-order valence-electron chi connectivity index (χ0n) is 11.1. The van der Waals surface area contributed by atoms with Gasteiger partial charge in [-0.15, -0.1) is 0 Å². The van der Waals surface area contributed by atoms with Crippen LogP contribution in [0.4, 0.5) is 0 Å². The van der Waals surface area contributed by atoms with E-state index in [1.54, 1.807) is 44.4 Å². The van der Waals surface area contributed by atoms with Crippen LogP contribution in [0.2, 0.25) is 0 Å². The highest BCUT2D eigenvalue weighted by molar-refractivity contribution is 6.18. The maximum atomic E-state index is 11.8. The van der Waals surface area contributed by atoms with Crippen LogP contribution in [0.5, 0.6) is 5.75 Å². The Kier molecular flexibility index (Phi) is 4.10. The highest BCUT2D eigenvalue weighted by Crippen LogP contribution is 2.12. The molecule has 1 aliphatic carbocycles. The molecule has 0 aromatic heterocycles. The molecule has 0 atom stereocenters. The standard InChI is InChI=1S/C15H13NO4/c1-10-9-12(5-8-14(10)17)16-20-15(18)11-3-6-13(19-2)7-4-11/h3-9H,1-2H3/b16-12-. The molecule has 0 aliphatic heterocycles. The smallest absolute Gasteiger partial charge is 0.365 e. The van der Waals surface area contributed by atoms with E-state index in [0.29, 0.717) is 22.6 Å². The van der Waals surface area contributed by atoms with Crippen LogP contribution >= 0.6 is 0 Å². The highest BCUT2D eigenvalue weighted by Gasteiger charge is 2.10. The van der Waals surface area contributed by atoms with E-state index < -0.39 is 5.97 Å². The molecule has 1 aromatic carbocycles. The van der Waals surface area contributed by atoms with Gasteiger partial charge < -0.3 is 9.57 Å². The number of hydrogen-bond donors (Lipinski definition) is 0. The molecule has 0 fully saturated rings. The third-order valence-corrected chi connectivity index (χ3v) is 2.72. The Balaban J connectivity index is 2.05. The van der Waals surface area contributed by atoms with Crippen molar-refractivity contribution >= 4 is 17.5 Å². The second-order valence-electron chi connectivity index (χ2n) is 4.15. The molecule has 1 aliphatic rings. The van der Waals surface area contributed by atoms with E-state index >= 15 is 0 Å². The minimum absolute atomic E-state index is 0.0783. The van der Waals surface area contributed by atoms with Crippen LogP contribution in [0.3, 0.4) is 0 Å². The molecule has 2 rings (SSSR count). The number of rotatable bonds is 3. The largest absolute Gasteiger partial charge is 0.497 e. The zero-order chi connectivity index (χ0) is 14.5. The predicted molar refractivity (Wildman–Crippen MR) is 73.7 cm³/mol. The molecule has 0 saturated heterocycles. The summed E-state index contributed by atoms with van der Waals surface area (Å²) in [4.78, 5) is 27.8. The number of methoxy groups -OCH3 is 1. The number of oxime groups is 1. The highest BCUT2D eigenvalue weighted by atomic mass is 16.7. The van der Waals surface area contributed by atoms with E-state index in [1.807, 2.05) is 0 Å². The number of allylic oxidation sites excluding steroid dienone is 4. The Morgan fingerprint density at radius 1 is 1.15 bits per heavy atom. The Bertz CT molecular complexity index is 624. The molecule has 5 nitrogen and oxygen atoms in total. The third kappa shape index (κ3) is 3.20. The van der Waals surface area contributed by atoms with Gasteiger partial charge in [0.15, 0.2) is 5.78 Å². The SMILES string of the molecule is COc1ccc(C(=O)O/N=C2/C=CC(=O)C(C)=C2)cc1. The second kappa shape index (κ2) is 5.97. The van der Waals surface area contributed by atoms with Crippen LogP contribution in [0, 0.1) is 0 Å². The first-order valence-corrected chi connectivity index (χ1v) is 5.94. The quantitative estimate of drug-likeness (QED) is 0.480. The second-order valence-corrected chi connectivity index (χ2v) is 4.15. The molecule has 5 heteroatoms. The number of nitrogens with zero attached hydrogens (tertiary/aromatic N) is 1. The van der Waals surface area contributed by atoms with E-state index in [-0.39, 0.29) is 5.78 Å². The number of carbonyl (C=O) groups excluding carboxylic acids is 2. The van der Waals surface area contributed by atoms with Crippen LogP contribution in [-0.4, -0.2) is 24.6 Å². The molecule has 0 spiro atoms. The molecule has 20 heavy (non-hydrogen) atoms. The van der Waals surface area contributed by atoms with E-state index in [4.69, 9.17) is 9.57 Å². The van der Waals surface area contributed by atoms with Crippen molar-refractivity contribution in [1.82, 2.24) is 0 Å². The Labute approximate surface area is 116 Å². The number of carbonyl (C=O) groups is 2. The minimum atomic E-state index is -0.573. The van der Waals surface area contributed by atoms with Crippen LogP contribution in [-0.2, 0) is 9.63 Å². The molecule has 1 aromatic rings. The van der Waals surface area contributed by atoms with Crippen molar-refractivity contribution in [3.8, 4) is 5.75 Å². The zero-order valence-corrected chi connectivity index (χ0v) is 11.1. The van der Waals surface area contributed by atoms with Gasteiger partial charge >= 0.3 is 5.97 Å². The van der Waals surface area contributed by atoms with Crippen molar-refractivity contribution in [2.45, 2.75) is 6.92 Å². The van der Waals surface area contributed by atoms with Gasteiger partial charge in [0.05, 0.1) is 12.7 Å². The summed E-state index contributed by atoms with van der Waals surface area (Å²) >= 11 is 0.